The predicted molar refractivity (Wildman–Crippen MR) is 150 cm³/mol. The lowest BCUT2D eigenvalue weighted by Crippen LogP contribution is -2.01. The lowest BCUT2D eigenvalue weighted by molar-refractivity contribution is 0.123. The molecule has 2 heterocycles. The van der Waals surface area contributed by atoms with Crippen LogP contribution < -0.4 is 9.47 Å². The Morgan fingerprint density at radius 3 is 1.81 bits per heavy atom. The number of unbranched alkanes of at least 4 members (excludes halogenated alkanes) is 7. The number of nitrogens with zero attached hydrogens (tertiary/aromatic N) is 3. The second-order valence-corrected chi connectivity index (χ2v) is 9.33. The van der Waals surface area contributed by atoms with Gasteiger partial charge in [-0.1, -0.05) is 52.4 Å². The molecule has 2 aromatic heterocycles. The fourth-order valence-corrected chi connectivity index (χ4v) is 3.87. The van der Waals surface area contributed by atoms with E-state index in [4.69, 9.17) is 14.2 Å². The average molecular weight is 506 g/mol. The van der Waals surface area contributed by atoms with E-state index >= 15 is 0 Å². The van der Waals surface area contributed by atoms with E-state index in [-0.39, 0.29) is 0 Å². The Hall–Kier alpha value is -2.99. The maximum absolute atomic E-state index is 5.85. The Morgan fingerprint density at radius 1 is 0.514 bits per heavy atom. The van der Waals surface area contributed by atoms with Crippen LogP contribution in [0.3, 0.4) is 0 Å². The molecule has 0 amide bonds. The van der Waals surface area contributed by atoms with Crippen LogP contribution in [-0.2, 0) is 4.74 Å². The van der Waals surface area contributed by atoms with Crippen LogP contribution in [-0.4, -0.2) is 41.4 Å². The van der Waals surface area contributed by atoms with E-state index in [0.29, 0.717) is 19.1 Å². The summed E-state index contributed by atoms with van der Waals surface area (Å²) < 4.78 is 17.2. The number of aromatic nitrogens is 3. The van der Waals surface area contributed by atoms with Gasteiger partial charge >= 0.3 is 0 Å². The van der Waals surface area contributed by atoms with Crippen LogP contribution in [0.4, 0.5) is 0 Å². The first-order valence-electron chi connectivity index (χ1n) is 14.0. The van der Waals surface area contributed by atoms with Gasteiger partial charge in [0.15, 0.2) is 0 Å². The predicted octanol–water partition coefficient (Wildman–Crippen LogP) is 7.92. The summed E-state index contributed by atoms with van der Waals surface area (Å²) in [5.74, 6) is 1.52. The van der Waals surface area contributed by atoms with E-state index in [1.807, 2.05) is 36.4 Å². The number of pyridine rings is 1. The molecule has 0 fully saturated rings. The van der Waals surface area contributed by atoms with Crippen LogP contribution in [0, 0.1) is 0 Å². The Labute approximate surface area is 222 Å². The topological polar surface area (TPSA) is 66.4 Å². The summed E-state index contributed by atoms with van der Waals surface area (Å²) in [7, 11) is 0. The Bertz CT molecular complexity index is 976. The van der Waals surface area contributed by atoms with Crippen LogP contribution in [0.25, 0.3) is 22.5 Å². The molecule has 0 aliphatic carbocycles. The largest absolute Gasteiger partial charge is 0.494 e. The third kappa shape index (κ3) is 10.9. The van der Waals surface area contributed by atoms with Crippen molar-refractivity contribution in [1.82, 2.24) is 15.0 Å². The average Bonchev–Trinajstić information content (AvgIpc) is 2.95. The highest BCUT2D eigenvalue weighted by Crippen LogP contribution is 2.23. The zero-order valence-electron chi connectivity index (χ0n) is 22.7. The number of hydrogen-bond acceptors (Lipinski definition) is 6. The van der Waals surface area contributed by atoms with Crippen LogP contribution >= 0.6 is 0 Å². The number of benzene rings is 1. The molecule has 6 nitrogen and oxygen atoms in total. The molecule has 0 spiro atoms. The van der Waals surface area contributed by atoms with Gasteiger partial charge in [-0.2, -0.15) is 0 Å². The summed E-state index contributed by atoms with van der Waals surface area (Å²) in [6.07, 6.45) is 17.2. The van der Waals surface area contributed by atoms with E-state index in [1.54, 1.807) is 18.6 Å². The van der Waals surface area contributed by atoms with Crippen molar-refractivity contribution in [1.29, 1.82) is 0 Å². The van der Waals surface area contributed by atoms with Gasteiger partial charge in [0.2, 0.25) is 5.88 Å². The third-order valence-electron chi connectivity index (χ3n) is 6.18. The van der Waals surface area contributed by atoms with E-state index in [0.717, 1.165) is 67.2 Å². The first-order chi connectivity index (χ1) is 18.3. The van der Waals surface area contributed by atoms with Crippen LogP contribution in [0.5, 0.6) is 11.6 Å². The summed E-state index contributed by atoms with van der Waals surface area (Å²) in [4.78, 5) is 13.6. The summed E-state index contributed by atoms with van der Waals surface area (Å²) in [6.45, 7) is 7.49. The summed E-state index contributed by atoms with van der Waals surface area (Å²) in [6, 6.07) is 11.9. The summed E-state index contributed by atoms with van der Waals surface area (Å²) >= 11 is 0. The molecule has 0 saturated heterocycles. The maximum Gasteiger partial charge on any atom is 0.213 e. The van der Waals surface area contributed by atoms with Crippen LogP contribution in [0.1, 0.15) is 78.1 Å². The minimum Gasteiger partial charge on any atom is -0.494 e. The molecule has 1 aromatic carbocycles. The van der Waals surface area contributed by atoms with Crippen molar-refractivity contribution >= 4 is 0 Å². The van der Waals surface area contributed by atoms with Gasteiger partial charge in [-0.25, -0.2) is 4.98 Å². The van der Waals surface area contributed by atoms with Gasteiger partial charge in [-0.05, 0) is 56.0 Å². The van der Waals surface area contributed by atoms with Gasteiger partial charge in [-0.15, -0.1) is 0 Å². The molecule has 3 rings (SSSR count). The normalized spacial score (nSPS) is 11.0. The zero-order valence-corrected chi connectivity index (χ0v) is 22.7. The Kier molecular flexibility index (Phi) is 13.5. The third-order valence-corrected chi connectivity index (χ3v) is 6.18. The molecule has 0 aliphatic heterocycles. The molecule has 0 bridgehead atoms. The zero-order chi connectivity index (χ0) is 26.0. The van der Waals surface area contributed by atoms with Crippen molar-refractivity contribution in [2.24, 2.45) is 0 Å². The second kappa shape index (κ2) is 17.5. The molecule has 0 N–H and O–H groups in total. The first-order valence-corrected chi connectivity index (χ1v) is 14.0. The molecule has 200 valence electrons. The highest BCUT2D eigenvalue weighted by molar-refractivity contribution is 5.62. The first kappa shape index (κ1) is 28.6. The Balaban J connectivity index is 1.39. The van der Waals surface area contributed by atoms with Gasteiger partial charge < -0.3 is 14.2 Å². The Morgan fingerprint density at radius 2 is 1.11 bits per heavy atom. The van der Waals surface area contributed by atoms with Crippen LogP contribution in [0.15, 0.2) is 55.0 Å². The van der Waals surface area contributed by atoms with E-state index < -0.39 is 0 Å². The van der Waals surface area contributed by atoms with Crippen molar-refractivity contribution in [2.45, 2.75) is 78.1 Å². The second-order valence-electron chi connectivity index (χ2n) is 9.33. The van der Waals surface area contributed by atoms with Crippen molar-refractivity contribution in [2.75, 3.05) is 26.4 Å². The van der Waals surface area contributed by atoms with E-state index in [9.17, 15) is 0 Å². The smallest absolute Gasteiger partial charge is 0.213 e. The molecule has 0 unspecified atom stereocenters. The van der Waals surface area contributed by atoms with Gasteiger partial charge in [-0.3, -0.25) is 9.97 Å². The SMILES string of the molecule is CCCCCCCCOc1ccc(-c2cnc(-c3ccc(OCCCCOCCCC)cc3)cn2)cn1. The quantitative estimate of drug-likeness (QED) is 0.154. The fourth-order valence-electron chi connectivity index (χ4n) is 3.87. The summed E-state index contributed by atoms with van der Waals surface area (Å²) in [5, 5.41) is 0. The van der Waals surface area contributed by atoms with E-state index in [1.165, 1.54) is 38.5 Å². The van der Waals surface area contributed by atoms with Gasteiger partial charge in [0.05, 0.1) is 37.0 Å². The number of hydrogen-bond donors (Lipinski definition) is 0. The van der Waals surface area contributed by atoms with Crippen LogP contribution in [0.2, 0.25) is 0 Å². The highest BCUT2D eigenvalue weighted by atomic mass is 16.5. The highest BCUT2D eigenvalue weighted by Gasteiger charge is 2.05. The molecule has 0 saturated carbocycles. The number of ether oxygens (including phenoxy) is 3. The molecule has 3 aromatic rings. The minimum absolute atomic E-state index is 0.657. The van der Waals surface area contributed by atoms with Gasteiger partial charge in [0.1, 0.15) is 5.75 Å². The van der Waals surface area contributed by atoms with Crippen molar-refractivity contribution < 1.29 is 14.2 Å². The maximum atomic E-state index is 5.85. The van der Waals surface area contributed by atoms with E-state index in [2.05, 4.69) is 28.8 Å². The van der Waals surface area contributed by atoms with Crippen molar-refractivity contribution in [3.63, 3.8) is 0 Å². The van der Waals surface area contributed by atoms with Gasteiger partial charge in [0, 0.05) is 36.6 Å². The summed E-state index contributed by atoms with van der Waals surface area (Å²) in [5.41, 5.74) is 3.54. The fraction of sp³-hybridized carbons (Fsp3) is 0.516. The lowest BCUT2D eigenvalue weighted by Gasteiger charge is -2.08. The standard InChI is InChI=1S/C31H43N3O3/c1-3-5-7-8-9-10-22-37-31-18-15-27(23-34-31)30-25-32-29(24-33-30)26-13-16-28(17-14-26)36-21-12-11-20-35-19-6-4-2/h13-18,23-25H,3-12,19-22H2,1-2H3. The molecule has 0 atom stereocenters. The number of rotatable bonds is 19. The lowest BCUT2D eigenvalue weighted by atomic mass is 10.1. The van der Waals surface area contributed by atoms with Crippen molar-refractivity contribution in [3.8, 4) is 34.1 Å². The molecule has 6 heteroatoms. The molecule has 37 heavy (non-hydrogen) atoms. The molecule has 0 radical (unpaired) electrons. The molecule has 0 aliphatic rings. The molecular weight excluding hydrogens is 462 g/mol. The van der Waals surface area contributed by atoms with Gasteiger partial charge in [0.25, 0.3) is 0 Å². The monoisotopic (exact) mass is 505 g/mol. The van der Waals surface area contributed by atoms with Crippen molar-refractivity contribution in [3.05, 3.63) is 55.0 Å². The molecular formula is C31H43N3O3. The minimum atomic E-state index is 0.657.